The zero-order valence-corrected chi connectivity index (χ0v) is 17.7. The highest BCUT2D eigenvalue weighted by Gasteiger charge is 2.42. The summed E-state index contributed by atoms with van der Waals surface area (Å²) in [6.45, 7) is 8.35. The Morgan fingerprint density at radius 1 is 0.962 bits per heavy atom. The maximum absolute atomic E-state index is 6.52. The molecule has 3 rings (SSSR count). The van der Waals surface area contributed by atoms with Gasteiger partial charge in [-0.2, -0.15) is 0 Å². The van der Waals surface area contributed by atoms with E-state index < -0.39 is 8.07 Å². The van der Waals surface area contributed by atoms with Crippen molar-refractivity contribution in [2.75, 3.05) is 6.61 Å². The van der Waals surface area contributed by atoms with Gasteiger partial charge in [-0.1, -0.05) is 99.1 Å². The van der Waals surface area contributed by atoms with Gasteiger partial charge in [-0.05, 0) is 30.0 Å². The molecule has 0 radical (unpaired) electrons. The summed E-state index contributed by atoms with van der Waals surface area (Å²) in [4.78, 5) is 0. The second kappa shape index (κ2) is 9.01. The van der Waals surface area contributed by atoms with E-state index in [9.17, 15) is 0 Å². The zero-order chi connectivity index (χ0) is 18.4. The predicted molar refractivity (Wildman–Crippen MR) is 114 cm³/mol. The summed E-state index contributed by atoms with van der Waals surface area (Å²) in [7, 11) is -1.46. The summed E-state index contributed by atoms with van der Waals surface area (Å²) in [5, 5.41) is 0. The number of unbranched alkanes of at least 4 members (excludes halogenated alkanes) is 1. The van der Waals surface area contributed by atoms with E-state index in [0.29, 0.717) is 12.0 Å². The Hall–Kier alpha value is -1.38. The van der Waals surface area contributed by atoms with Crippen LogP contribution < -0.4 is 0 Å². The Morgan fingerprint density at radius 3 is 2.27 bits per heavy atom. The summed E-state index contributed by atoms with van der Waals surface area (Å²) in [5.41, 5.74) is 3.68. The SMILES string of the molecule is CCCC[C@H]1OCC(c2ccccc2)C[C@@H]1[Si](C)(C)Cc1ccccc1. The van der Waals surface area contributed by atoms with Crippen LogP contribution in [0, 0.1) is 0 Å². The minimum atomic E-state index is -1.46. The molecule has 0 amide bonds. The van der Waals surface area contributed by atoms with Crippen molar-refractivity contribution >= 4 is 8.07 Å². The van der Waals surface area contributed by atoms with Crippen molar-refractivity contribution in [3.05, 3.63) is 71.8 Å². The molecule has 1 aliphatic heterocycles. The van der Waals surface area contributed by atoms with Gasteiger partial charge in [0.25, 0.3) is 0 Å². The van der Waals surface area contributed by atoms with Gasteiger partial charge in [0.1, 0.15) is 0 Å². The van der Waals surface area contributed by atoms with Crippen molar-refractivity contribution in [1.82, 2.24) is 0 Å². The molecule has 2 aromatic carbocycles. The van der Waals surface area contributed by atoms with E-state index in [2.05, 4.69) is 80.7 Å². The van der Waals surface area contributed by atoms with Gasteiger partial charge in [0.15, 0.2) is 0 Å². The molecule has 1 aliphatic rings. The fourth-order valence-corrected chi connectivity index (χ4v) is 8.35. The maximum Gasteiger partial charge on any atom is 0.0580 e. The number of benzene rings is 2. The molecule has 140 valence electrons. The van der Waals surface area contributed by atoms with Gasteiger partial charge in [0.2, 0.25) is 0 Å². The molecule has 0 bridgehead atoms. The molecule has 0 aromatic heterocycles. The van der Waals surface area contributed by atoms with Crippen LogP contribution in [-0.4, -0.2) is 20.8 Å². The van der Waals surface area contributed by atoms with Crippen molar-refractivity contribution in [3.8, 4) is 0 Å². The molecule has 1 nitrogen and oxygen atoms in total. The van der Waals surface area contributed by atoms with E-state index in [1.54, 1.807) is 0 Å². The highest BCUT2D eigenvalue weighted by Crippen LogP contribution is 2.44. The average Bonchev–Trinajstić information content (AvgIpc) is 2.67. The van der Waals surface area contributed by atoms with E-state index in [1.165, 1.54) is 42.9 Å². The molecule has 0 aliphatic carbocycles. The average molecular weight is 367 g/mol. The Bertz CT molecular complexity index is 652. The minimum Gasteiger partial charge on any atom is -0.378 e. The highest BCUT2D eigenvalue weighted by atomic mass is 28.3. The first-order valence-electron chi connectivity index (χ1n) is 10.3. The Morgan fingerprint density at radius 2 is 1.62 bits per heavy atom. The first kappa shape index (κ1) is 19.4. The minimum absolute atomic E-state index is 0.459. The molecule has 2 aromatic rings. The quantitative estimate of drug-likeness (QED) is 0.501. The number of ether oxygens (including phenoxy) is 1. The third-order valence-electron chi connectivity index (χ3n) is 6.12. The van der Waals surface area contributed by atoms with E-state index in [0.717, 1.165) is 12.1 Å². The van der Waals surface area contributed by atoms with E-state index in [4.69, 9.17) is 4.74 Å². The van der Waals surface area contributed by atoms with Gasteiger partial charge in [-0.3, -0.25) is 0 Å². The molecule has 1 saturated heterocycles. The predicted octanol–water partition coefficient (Wildman–Crippen LogP) is 6.61. The number of hydrogen-bond acceptors (Lipinski definition) is 1. The maximum atomic E-state index is 6.52. The lowest BCUT2D eigenvalue weighted by Crippen LogP contribution is -2.46. The number of hydrogen-bond donors (Lipinski definition) is 0. The van der Waals surface area contributed by atoms with Crippen LogP contribution in [0.5, 0.6) is 0 Å². The molecular formula is C24H34OSi. The lowest BCUT2D eigenvalue weighted by atomic mass is 9.89. The van der Waals surface area contributed by atoms with Gasteiger partial charge >= 0.3 is 0 Å². The first-order valence-corrected chi connectivity index (χ1v) is 13.6. The standard InChI is InChI=1S/C24H34OSi/c1-4-5-16-23-24(26(2,3)19-20-12-8-6-9-13-20)17-22(18-25-23)21-14-10-7-11-15-21/h6-15,22-24H,4-5,16-19H2,1-3H3/t22?,23-,24+/m1/s1. The molecule has 0 saturated carbocycles. The Kier molecular flexibility index (Phi) is 6.72. The fraction of sp³-hybridized carbons (Fsp3) is 0.500. The van der Waals surface area contributed by atoms with Gasteiger partial charge in [0.05, 0.1) is 20.8 Å². The summed E-state index contributed by atoms with van der Waals surface area (Å²) in [6.07, 6.45) is 5.53. The molecule has 1 fully saturated rings. The molecular weight excluding hydrogens is 332 g/mol. The van der Waals surface area contributed by atoms with Crippen LogP contribution in [0.15, 0.2) is 60.7 Å². The van der Waals surface area contributed by atoms with Gasteiger partial charge in [-0.15, -0.1) is 0 Å². The van der Waals surface area contributed by atoms with Crippen LogP contribution in [0.1, 0.15) is 49.7 Å². The molecule has 3 atom stereocenters. The molecule has 0 spiro atoms. The molecule has 2 heteroatoms. The highest BCUT2D eigenvalue weighted by molar-refractivity contribution is 6.78. The first-order chi connectivity index (χ1) is 12.6. The third kappa shape index (κ3) is 4.86. The summed E-state index contributed by atoms with van der Waals surface area (Å²) in [5.74, 6) is 0.557. The van der Waals surface area contributed by atoms with E-state index >= 15 is 0 Å². The Balaban J connectivity index is 1.79. The van der Waals surface area contributed by atoms with Gasteiger partial charge in [-0.25, -0.2) is 0 Å². The Labute approximate surface area is 160 Å². The third-order valence-corrected chi connectivity index (χ3v) is 10.1. The van der Waals surface area contributed by atoms with Crippen LogP contribution >= 0.6 is 0 Å². The summed E-state index contributed by atoms with van der Waals surface area (Å²) in [6, 6.07) is 23.3. The van der Waals surface area contributed by atoms with Crippen LogP contribution in [0.25, 0.3) is 0 Å². The van der Waals surface area contributed by atoms with Gasteiger partial charge in [0, 0.05) is 5.92 Å². The van der Waals surface area contributed by atoms with Crippen LogP contribution in [-0.2, 0) is 10.8 Å². The lowest BCUT2D eigenvalue weighted by Gasteiger charge is -2.44. The van der Waals surface area contributed by atoms with E-state index in [1.807, 2.05) is 0 Å². The number of rotatable bonds is 7. The zero-order valence-electron chi connectivity index (χ0n) is 16.7. The van der Waals surface area contributed by atoms with Crippen LogP contribution in [0.4, 0.5) is 0 Å². The van der Waals surface area contributed by atoms with Crippen molar-refractivity contribution in [1.29, 1.82) is 0 Å². The second-order valence-corrected chi connectivity index (χ2v) is 13.7. The van der Waals surface area contributed by atoms with Crippen molar-refractivity contribution in [2.45, 2.75) is 69.3 Å². The molecule has 1 unspecified atom stereocenters. The van der Waals surface area contributed by atoms with E-state index in [-0.39, 0.29) is 0 Å². The summed E-state index contributed by atoms with van der Waals surface area (Å²) >= 11 is 0. The summed E-state index contributed by atoms with van der Waals surface area (Å²) < 4.78 is 6.52. The fourth-order valence-electron chi connectivity index (χ4n) is 4.60. The van der Waals surface area contributed by atoms with Crippen molar-refractivity contribution in [3.63, 3.8) is 0 Å². The van der Waals surface area contributed by atoms with Crippen molar-refractivity contribution in [2.24, 2.45) is 0 Å². The molecule has 1 heterocycles. The normalized spacial score (nSPS) is 23.7. The molecule has 26 heavy (non-hydrogen) atoms. The monoisotopic (exact) mass is 366 g/mol. The van der Waals surface area contributed by atoms with Crippen molar-refractivity contribution < 1.29 is 4.74 Å². The smallest absolute Gasteiger partial charge is 0.0580 e. The van der Waals surface area contributed by atoms with Gasteiger partial charge < -0.3 is 4.74 Å². The lowest BCUT2D eigenvalue weighted by molar-refractivity contribution is -0.00365. The topological polar surface area (TPSA) is 9.23 Å². The van der Waals surface area contributed by atoms with Crippen LogP contribution in [0.2, 0.25) is 18.6 Å². The van der Waals surface area contributed by atoms with Crippen LogP contribution in [0.3, 0.4) is 0 Å². The molecule has 0 N–H and O–H groups in total. The largest absolute Gasteiger partial charge is 0.378 e. The second-order valence-electron chi connectivity index (χ2n) is 8.61.